The predicted molar refractivity (Wildman–Crippen MR) is 100 cm³/mol. The first-order chi connectivity index (χ1) is 10.1. The van der Waals surface area contributed by atoms with Gasteiger partial charge in [0, 0.05) is 43.2 Å². The minimum atomic E-state index is -0.427. The first kappa shape index (κ1) is 19.5. The maximum Gasteiger partial charge on any atom is 0.193 e. The molecule has 0 spiro atoms. The summed E-state index contributed by atoms with van der Waals surface area (Å²) in [5.74, 6) is 0.981. The highest BCUT2D eigenvalue weighted by molar-refractivity contribution is 14.0. The van der Waals surface area contributed by atoms with Crippen molar-refractivity contribution in [3.05, 3.63) is 35.4 Å². The molecule has 1 aromatic rings. The van der Waals surface area contributed by atoms with Crippen LogP contribution in [0, 0.1) is 11.6 Å². The fraction of sp³-hybridized carbons (Fsp3) is 0.533. The van der Waals surface area contributed by atoms with Gasteiger partial charge in [-0.25, -0.2) is 8.78 Å². The molecule has 0 amide bonds. The molecule has 0 aliphatic carbocycles. The van der Waals surface area contributed by atoms with E-state index < -0.39 is 11.6 Å². The molecule has 1 saturated heterocycles. The lowest BCUT2D eigenvalue weighted by atomic mass is 10.2. The van der Waals surface area contributed by atoms with Gasteiger partial charge in [-0.3, -0.25) is 4.99 Å². The molecule has 1 aromatic carbocycles. The fourth-order valence-corrected chi connectivity index (χ4v) is 3.52. The Kier molecular flexibility index (Phi) is 8.45. The number of aliphatic imine (C=N–C) groups is 1. The number of nitrogens with zero attached hydrogens (tertiary/aromatic N) is 2. The smallest absolute Gasteiger partial charge is 0.193 e. The summed E-state index contributed by atoms with van der Waals surface area (Å²) < 4.78 is 26.8. The topological polar surface area (TPSA) is 27.6 Å². The zero-order valence-corrected chi connectivity index (χ0v) is 16.0. The average Bonchev–Trinajstić information content (AvgIpc) is 2.51. The molecule has 1 N–H and O–H groups in total. The van der Waals surface area contributed by atoms with E-state index >= 15 is 0 Å². The Hall–Kier alpha value is -0.570. The molecule has 0 saturated carbocycles. The summed E-state index contributed by atoms with van der Waals surface area (Å²) in [6.45, 7) is 4.27. The first-order valence-electron chi connectivity index (χ1n) is 7.15. The summed E-state index contributed by atoms with van der Waals surface area (Å²) in [6.07, 6.45) is 1.12. The SMILES string of the molecule is CCC1CN(C(=NC)NCc2cc(F)ccc2F)CCS1.I. The molecule has 22 heavy (non-hydrogen) atoms. The van der Waals surface area contributed by atoms with Gasteiger partial charge in [0.1, 0.15) is 11.6 Å². The van der Waals surface area contributed by atoms with Crippen LogP contribution in [0.4, 0.5) is 8.78 Å². The number of rotatable bonds is 3. The number of benzene rings is 1. The number of halogens is 3. The Morgan fingerprint density at radius 2 is 2.23 bits per heavy atom. The standard InChI is InChI=1S/C15H21F2N3S.HI/c1-3-13-10-20(6-7-21-13)15(18-2)19-9-11-8-12(16)4-5-14(11)17;/h4-5,8,13H,3,6-7,9-10H2,1-2H3,(H,18,19);1H. The van der Waals surface area contributed by atoms with E-state index in [0.717, 1.165) is 43.4 Å². The molecular weight excluding hydrogens is 419 g/mol. The van der Waals surface area contributed by atoms with E-state index in [1.807, 2.05) is 11.8 Å². The Morgan fingerprint density at radius 1 is 1.45 bits per heavy atom. The van der Waals surface area contributed by atoms with Gasteiger partial charge in [0.25, 0.3) is 0 Å². The van der Waals surface area contributed by atoms with E-state index in [9.17, 15) is 8.78 Å². The van der Waals surface area contributed by atoms with Gasteiger partial charge in [0.15, 0.2) is 5.96 Å². The molecule has 0 radical (unpaired) electrons. The van der Waals surface area contributed by atoms with Crippen molar-refractivity contribution in [2.24, 2.45) is 4.99 Å². The fourth-order valence-electron chi connectivity index (χ4n) is 2.34. The molecular formula is C15H22F2IN3S. The van der Waals surface area contributed by atoms with Gasteiger partial charge in [-0.05, 0) is 24.6 Å². The van der Waals surface area contributed by atoms with Crippen LogP contribution in [0.15, 0.2) is 23.2 Å². The molecule has 0 aromatic heterocycles. The van der Waals surface area contributed by atoms with Crippen molar-refractivity contribution >= 4 is 41.7 Å². The molecule has 3 nitrogen and oxygen atoms in total. The Labute approximate surface area is 152 Å². The number of nitrogens with one attached hydrogen (secondary N) is 1. The zero-order chi connectivity index (χ0) is 15.2. The summed E-state index contributed by atoms with van der Waals surface area (Å²) in [6, 6.07) is 3.50. The van der Waals surface area contributed by atoms with Crippen molar-refractivity contribution in [1.82, 2.24) is 10.2 Å². The number of thioether (sulfide) groups is 1. The van der Waals surface area contributed by atoms with E-state index in [-0.39, 0.29) is 30.5 Å². The maximum absolute atomic E-state index is 13.6. The summed E-state index contributed by atoms with van der Waals surface area (Å²) >= 11 is 1.98. The monoisotopic (exact) mass is 441 g/mol. The molecule has 0 bridgehead atoms. The van der Waals surface area contributed by atoms with Crippen LogP contribution in [-0.2, 0) is 6.54 Å². The van der Waals surface area contributed by atoms with Crippen LogP contribution in [0.5, 0.6) is 0 Å². The molecule has 1 fully saturated rings. The van der Waals surface area contributed by atoms with E-state index in [0.29, 0.717) is 10.8 Å². The van der Waals surface area contributed by atoms with Crippen molar-refractivity contribution in [3.8, 4) is 0 Å². The Bertz CT molecular complexity index is 514. The van der Waals surface area contributed by atoms with E-state index in [4.69, 9.17) is 0 Å². The maximum atomic E-state index is 13.6. The molecule has 1 unspecified atom stereocenters. The number of hydrogen-bond acceptors (Lipinski definition) is 2. The van der Waals surface area contributed by atoms with Gasteiger partial charge >= 0.3 is 0 Å². The lowest BCUT2D eigenvalue weighted by Gasteiger charge is -2.34. The molecule has 2 rings (SSSR count). The van der Waals surface area contributed by atoms with Crippen LogP contribution in [0.1, 0.15) is 18.9 Å². The van der Waals surface area contributed by atoms with Crippen LogP contribution in [-0.4, -0.2) is 42.0 Å². The summed E-state index contributed by atoms with van der Waals surface area (Å²) in [7, 11) is 1.72. The highest BCUT2D eigenvalue weighted by Crippen LogP contribution is 2.21. The third kappa shape index (κ3) is 5.26. The summed E-state index contributed by atoms with van der Waals surface area (Å²) in [5.41, 5.74) is 0.314. The van der Waals surface area contributed by atoms with Crippen LogP contribution in [0.25, 0.3) is 0 Å². The lowest BCUT2D eigenvalue weighted by molar-refractivity contribution is 0.407. The van der Waals surface area contributed by atoms with Crippen LogP contribution >= 0.6 is 35.7 Å². The van der Waals surface area contributed by atoms with Crippen LogP contribution in [0.2, 0.25) is 0 Å². The molecule has 1 aliphatic rings. The quantitative estimate of drug-likeness (QED) is 0.442. The van der Waals surface area contributed by atoms with Crippen molar-refractivity contribution in [2.75, 3.05) is 25.9 Å². The van der Waals surface area contributed by atoms with Gasteiger partial charge in [-0.1, -0.05) is 6.92 Å². The van der Waals surface area contributed by atoms with E-state index in [2.05, 4.69) is 22.1 Å². The Balaban J connectivity index is 0.00000242. The van der Waals surface area contributed by atoms with Crippen molar-refractivity contribution in [1.29, 1.82) is 0 Å². The van der Waals surface area contributed by atoms with Gasteiger partial charge < -0.3 is 10.2 Å². The second kappa shape index (κ2) is 9.54. The van der Waals surface area contributed by atoms with Crippen LogP contribution < -0.4 is 5.32 Å². The second-order valence-corrected chi connectivity index (χ2v) is 6.39. The third-order valence-electron chi connectivity index (χ3n) is 3.55. The highest BCUT2D eigenvalue weighted by Gasteiger charge is 2.21. The number of hydrogen-bond donors (Lipinski definition) is 1. The van der Waals surface area contributed by atoms with Crippen molar-refractivity contribution in [3.63, 3.8) is 0 Å². The van der Waals surface area contributed by atoms with Gasteiger partial charge in [-0.2, -0.15) is 11.8 Å². The average molecular weight is 441 g/mol. The van der Waals surface area contributed by atoms with E-state index in [1.54, 1.807) is 7.05 Å². The van der Waals surface area contributed by atoms with Crippen molar-refractivity contribution in [2.45, 2.75) is 25.1 Å². The minimum Gasteiger partial charge on any atom is -0.352 e. The summed E-state index contributed by atoms with van der Waals surface area (Å²) in [4.78, 5) is 6.44. The Morgan fingerprint density at radius 3 is 2.91 bits per heavy atom. The van der Waals surface area contributed by atoms with Gasteiger partial charge in [-0.15, -0.1) is 24.0 Å². The minimum absolute atomic E-state index is 0. The van der Waals surface area contributed by atoms with Crippen molar-refractivity contribution < 1.29 is 8.78 Å². The molecule has 1 aliphatic heterocycles. The zero-order valence-electron chi connectivity index (χ0n) is 12.8. The van der Waals surface area contributed by atoms with Crippen LogP contribution in [0.3, 0.4) is 0 Å². The molecule has 7 heteroatoms. The largest absolute Gasteiger partial charge is 0.352 e. The van der Waals surface area contributed by atoms with E-state index in [1.165, 1.54) is 6.07 Å². The first-order valence-corrected chi connectivity index (χ1v) is 8.20. The number of guanidine groups is 1. The summed E-state index contributed by atoms with van der Waals surface area (Å²) in [5, 5.41) is 3.73. The third-order valence-corrected chi connectivity index (χ3v) is 4.92. The van der Waals surface area contributed by atoms with Gasteiger partial charge in [0.05, 0.1) is 0 Å². The molecule has 1 heterocycles. The second-order valence-electron chi connectivity index (χ2n) is 4.98. The highest BCUT2D eigenvalue weighted by atomic mass is 127. The lowest BCUT2D eigenvalue weighted by Crippen LogP contribution is -2.47. The normalized spacial score (nSPS) is 18.8. The molecule has 1 atom stereocenters. The molecule has 124 valence electrons. The van der Waals surface area contributed by atoms with Gasteiger partial charge in [0.2, 0.25) is 0 Å². The predicted octanol–water partition coefficient (Wildman–Crippen LogP) is 3.49.